The van der Waals surface area contributed by atoms with Crippen LogP contribution in [-0.4, -0.2) is 20.1 Å². The van der Waals surface area contributed by atoms with Gasteiger partial charge in [0.1, 0.15) is 5.75 Å². The summed E-state index contributed by atoms with van der Waals surface area (Å²) in [4.78, 5) is 12.1. The van der Waals surface area contributed by atoms with Crippen LogP contribution in [0.15, 0.2) is 52.2 Å². The number of nitrogens with zero attached hydrogens (tertiary/aromatic N) is 1. The molecule has 138 valence electrons. The highest BCUT2D eigenvalue weighted by molar-refractivity contribution is 7.89. The summed E-state index contributed by atoms with van der Waals surface area (Å²) in [6.45, 7) is 2.80. The van der Waals surface area contributed by atoms with Crippen LogP contribution >= 0.6 is 11.3 Å². The van der Waals surface area contributed by atoms with Gasteiger partial charge in [0.2, 0.25) is 10.0 Å². The molecule has 0 aliphatic carbocycles. The first kappa shape index (κ1) is 18.6. The predicted molar refractivity (Wildman–Crippen MR) is 103 cm³/mol. The topological polar surface area (TPSA) is 77.4 Å². The summed E-state index contributed by atoms with van der Waals surface area (Å²) in [5, 5.41) is 0. The van der Waals surface area contributed by atoms with Crippen LogP contribution in [0, 0.1) is 0 Å². The molecule has 26 heavy (non-hydrogen) atoms. The molecule has 1 N–H and O–H groups in total. The van der Waals surface area contributed by atoms with Crippen LogP contribution < -0.4 is 14.3 Å². The van der Waals surface area contributed by atoms with Gasteiger partial charge in [0, 0.05) is 13.1 Å². The van der Waals surface area contributed by atoms with Crippen LogP contribution in [0.5, 0.6) is 5.75 Å². The largest absolute Gasteiger partial charge is 0.497 e. The van der Waals surface area contributed by atoms with Gasteiger partial charge in [0.05, 0.1) is 22.2 Å². The number of thiazole rings is 1. The number of rotatable bonds is 7. The fourth-order valence-electron chi connectivity index (χ4n) is 2.65. The summed E-state index contributed by atoms with van der Waals surface area (Å²) < 4.78 is 35.2. The number of hydrogen-bond acceptors (Lipinski definition) is 5. The van der Waals surface area contributed by atoms with Crippen molar-refractivity contribution in [3.05, 3.63) is 57.7 Å². The molecule has 0 bridgehead atoms. The van der Waals surface area contributed by atoms with Crippen LogP contribution in [0.25, 0.3) is 10.2 Å². The molecule has 8 heteroatoms. The van der Waals surface area contributed by atoms with E-state index in [4.69, 9.17) is 4.74 Å². The van der Waals surface area contributed by atoms with E-state index in [1.54, 1.807) is 48.1 Å². The molecule has 0 aliphatic heterocycles. The minimum Gasteiger partial charge on any atom is -0.497 e. The van der Waals surface area contributed by atoms with Gasteiger partial charge < -0.3 is 4.74 Å². The lowest BCUT2D eigenvalue weighted by molar-refractivity contribution is 0.414. The first-order valence-corrected chi connectivity index (χ1v) is 10.5. The van der Waals surface area contributed by atoms with Gasteiger partial charge in [0.25, 0.3) is 0 Å². The van der Waals surface area contributed by atoms with Gasteiger partial charge in [-0.15, -0.1) is 0 Å². The van der Waals surface area contributed by atoms with Crippen molar-refractivity contribution in [1.82, 2.24) is 9.29 Å². The molecule has 3 aromatic rings. The van der Waals surface area contributed by atoms with Crippen molar-refractivity contribution in [3.63, 3.8) is 0 Å². The zero-order chi connectivity index (χ0) is 18.7. The van der Waals surface area contributed by atoms with Crippen LogP contribution in [0.2, 0.25) is 0 Å². The van der Waals surface area contributed by atoms with E-state index in [1.165, 1.54) is 6.07 Å². The number of fused-ring (bicyclic) bond motifs is 1. The lowest BCUT2D eigenvalue weighted by Crippen LogP contribution is -2.23. The number of nitrogens with one attached hydrogen (secondary N) is 1. The molecule has 1 aromatic heterocycles. The van der Waals surface area contributed by atoms with Gasteiger partial charge in [-0.25, -0.2) is 13.1 Å². The Morgan fingerprint density at radius 1 is 1.15 bits per heavy atom. The Kier molecular flexibility index (Phi) is 5.45. The average Bonchev–Trinajstić information content (AvgIpc) is 2.95. The van der Waals surface area contributed by atoms with Crippen LogP contribution in [0.3, 0.4) is 0 Å². The van der Waals surface area contributed by atoms with Crippen molar-refractivity contribution in [3.8, 4) is 5.75 Å². The summed E-state index contributed by atoms with van der Waals surface area (Å²) in [5.41, 5.74) is 1.60. The third-order valence-corrected chi connectivity index (χ3v) is 6.36. The van der Waals surface area contributed by atoms with Crippen molar-refractivity contribution < 1.29 is 13.2 Å². The highest BCUT2D eigenvalue weighted by atomic mass is 32.2. The van der Waals surface area contributed by atoms with Gasteiger partial charge in [-0.05, 0) is 42.3 Å². The number of hydrogen-bond donors (Lipinski definition) is 1. The maximum Gasteiger partial charge on any atom is 0.308 e. The van der Waals surface area contributed by atoms with Gasteiger partial charge in [-0.1, -0.05) is 30.4 Å². The summed E-state index contributed by atoms with van der Waals surface area (Å²) in [5.74, 6) is 0.716. The Balaban J connectivity index is 1.83. The standard InChI is InChI=1S/C18H20N2O4S2/c1-3-10-20-16-9-8-15(11-17(16)25-18(20)21)26(22,23)19-12-13-4-6-14(24-2)7-5-13/h4-9,11,19H,3,10,12H2,1-2H3. The van der Waals surface area contributed by atoms with Gasteiger partial charge in [-0.3, -0.25) is 9.36 Å². The monoisotopic (exact) mass is 392 g/mol. The molecule has 0 aliphatic rings. The summed E-state index contributed by atoms with van der Waals surface area (Å²) in [6.07, 6.45) is 0.842. The van der Waals surface area contributed by atoms with Gasteiger partial charge in [0.15, 0.2) is 0 Å². The van der Waals surface area contributed by atoms with Crippen molar-refractivity contribution in [1.29, 1.82) is 0 Å². The van der Waals surface area contributed by atoms with E-state index in [-0.39, 0.29) is 16.3 Å². The third kappa shape index (κ3) is 3.82. The number of sulfonamides is 1. The first-order chi connectivity index (χ1) is 12.4. The van der Waals surface area contributed by atoms with Crippen LogP contribution in [0.4, 0.5) is 0 Å². The van der Waals surface area contributed by atoms with Crippen molar-refractivity contribution in [2.24, 2.45) is 0 Å². The lowest BCUT2D eigenvalue weighted by Gasteiger charge is -2.08. The Morgan fingerprint density at radius 2 is 1.88 bits per heavy atom. The molecule has 2 aromatic carbocycles. The molecule has 6 nitrogen and oxygen atoms in total. The second-order valence-electron chi connectivity index (χ2n) is 5.82. The fraction of sp³-hybridized carbons (Fsp3) is 0.278. The SMILES string of the molecule is CCCn1c(=O)sc2cc(S(=O)(=O)NCc3ccc(OC)cc3)ccc21. The third-order valence-electron chi connectivity index (χ3n) is 4.02. The second kappa shape index (κ2) is 7.61. The van der Waals surface area contributed by atoms with E-state index in [0.717, 1.165) is 28.8 Å². The minimum absolute atomic E-state index is 0.0670. The van der Waals surface area contributed by atoms with E-state index < -0.39 is 10.0 Å². The highest BCUT2D eigenvalue weighted by Gasteiger charge is 2.16. The maximum absolute atomic E-state index is 12.6. The lowest BCUT2D eigenvalue weighted by atomic mass is 10.2. The molecule has 0 saturated carbocycles. The number of aromatic nitrogens is 1. The van der Waals surface area contributed by atoms with Crippen molar-refractivity contribution in [2.45, 2.75) is 31.3 Å². The number of ether oxygens (including phenoxy) is 1. The molecule has 0 unspecified atom stereocenters. The molecule has 3 rings (SSSR count). The molecule has 0 radical (unpaired) electrons. The van der Waals surface area contributed by atoms with Gasteiger partial charge >= 0.3 is 4.87 Å². The van der Waals surface area contributed by atoms with E-state index in [2.05, 4.69) is 4.72 Å². The Hall–Kier alpha value is -2.16. The molecule has 0 fully saturated rings. The van der Waals surface area contributed by atoms with E-state index in [0.29, 0.717) is 17.0 Å². The smallest absolute Gasteiger partial charge is 0.308 e. The molecule has 0 amide bonds. The molecule has 0 atom stereocenters. The van der Waals surface area contributed by atoms with Crippen LogP contribution in [0.1, 0.15) is 18.9 Å². The number of methoxy groups -OCH3 is 1. The number of benzene rings is 2. The predicted octanol–water partition coefficient (Wildman–Crippen LogP) is 2.96. The average molecular weight is 393 g/mol. The molecule has 0 saturated heterocycles. The quantitative estimate of drug-likeness (QED) is 0.671. The molecular weight excluding hydrogens is 372 g/mol. The van der Waals surface area contributed by atoms with Crippen LogP contribution in [-0.2, 0) is 23.1 Å². The summed E-state index contributed by atoms with van der Waals surface area (Å²) >= 11 is 1.07. The first-order valence-electron chi connectivity index (χ1n) is 8.20. The zero-order valence-electron chi connectivity index (χ0n) is 14.6. The van der Waals surface area contributed by atoms with Gasteiger partial charge in [-0.2, -0.15) is 0 Å². The second-order valence-corrected chi connectivity index (χ2v) is 8.58. The molecule has 1 heterocycles. The van der Waals surface area contributed by atoms with E-state index in [1.807, 2.05) is 6.92 Å². The van der Waals surface area contributed by atoms with E-state index >= 15 is 0 Å². The van der Waals surface area contributed by atoms with E-state index in [9.17, 15) is 13.2 Å². The highest BCUT2D eigenvalue weighted by Crippen LogP contribution is 2.22. The Labute approximate surface area is 156 Å². The normalized spacial score (nSPS) is 11.8. The summed E-state index contributed by atoms with van der Waals surface area (Å²) in [7, 11) is -2.09. The Bertz CT molecular complexity index is 1070. The minimum atomic E-state index is -3.67. The van der Waals surface area contributed by atoms with Crippen molar-refractivity contribution >= 4 is 31.6 Å². The summed E-state index contributed by atoms with van der Waals surface area (Å²) in [6, 6.07) is 12.0. The maximum atomic E-state index is 12.6. The molecular formula is C18H20N2O4S2. The van der Waals surface area contributed by atoms with Crippen molar-refractivity contribution in [2.75, 3.05) is 7.11 Å². The number of aryl methyl sites for hydroxylation is 1. The molecule has 0 spiro atoms. The zero-order valence-corrected chi connectivity index (χ0v) is 16.2. The fourth-order valence-corrected chi connectivity index (χ4v) is 4.73. The Morgan fingerprint density at radius 3 is 2.54 bits per heavy atom.